The van der Waals surface area contributed by atoms with E-state index >= 15 is 0 Å². The second kappa shape index (κ2) is 5.74. The largest absolute Gasteiger partial charge is 0.242 e. The Labute approximate surface area is 120 Å². The van der Waals surface area contributed by atoms with Gasteiger partial charge in [-0.15, -0.1) is 0 Å². The van der Waals surface area contributed by atoms with Crippen molar-refractivity contribution in [2.45, 2.75) is 30.2 Å². The highest BCUT2D eigenvalue weighted by atomic mass is 79.9. The molecule has 0 saturated carbocycles. The van der Waals surface area contributed by atoms with Crippen molar-refractivity contribution >= 4 is 37.6 Å². The first kappa shape index (κ1) is 14.1. The third-order valence-electron chi connectivity index (χ3n) is 2.77. The van der Waals surface area contributed by atoms with Gasteiger partial charge in [0, 0.05) is 10.5 Å². The molecule has 0 aliphatic heterocycles. The van der Waals surface area contributed by atoms with Crippen LogP contribution in [-0.4, -0.2) is 14.5 Å². The Morgan fingerprint density at radius 2 is 2.11 bits per heavy atom. The van der Waals surface area contributed by atoms with Gasteiger partial charge in [-0.25, -0.2) is 13.1 Å². The smallest absolute Gasteiger partial charge is 0.208 e. The van der Waals surface area contributed by atoms with E-state index in [4.69, 9.17) is 11.6 Å². The van der Waals surface area contributed by atoms with Crippen LogP contribution in [0.3, 0.4) is 0 Å². The molecule has 0 radical (unpaired) electrons. The minimum absolute atomic E-state index is 0.0419. The maximum Gasteiger partial charge on any atom is 0.242 e. The minimum Gasteiger partial charge on any atom is -0.208 e. The molecule has 0 bridgehead atoms. The zero-order valence-electron chi connectivity index (χ0n) is 9.57. The van der Waals surface area contributed by atoms with E-state index in [2.05, 4.69) is 26.7 Å². The van der Waals surface area contributed by atoms with Crippen LogP contribution >= 0.6 is 27.5 Å². The number of halogens is 2. The molecule has 0 amide bonds. The van der Waals surface area contributed by atoms with Crippen LogP contribution in [-0.2, 0) is 10.0 Å². The second-order valence-corrected chi connectivity index (χ2v) is 7.18. The zero-order valence-corrected chi connectivity index (χ0v) is 12.7. The molecular formula is C12H13BrClNO2S. The molecule has 0 spiro atoms. The van der Waals surface area contributed by atoms with E-state index in [1.54, 1.807) is 12.1 Å². The third-order valence-corrected chi connectivity index (χ3v) is 5.27. The summed E-state index contributed by atoms with van der Waals surface area (Å²) in [6, 6.07) is 4.71. The summed E-state index contributed by atoms with van der Waals surface area (Å²) in [7, 11) is -3.54. The summed E-state index contributed by atoms with van der Waals surface area (Å²) < 4.78 is 27.8. The van der Waals surface area contributed by atoms with Gasteiger partial charge in [0.05, 0.1) is 5.02 Å². The van der Waals surface area contributed by atoms with Crippen molar-refractivity contribution in [2.24, 2.45) is 0 Å². The van der Waals surface area contributed by atoms with Gasteiger partial charge in [0.2, 0.25) is 10.0 Å². The highest BCUT2D eigenvalue weighted by molar-refractivity contribution is 9.10. The Balaban J connectivity index is 2.22. The maximum absolute atomic E-state index is 12.2. The van der Waals surface area contributed by atoms with Crippen LogP contribution in [0.15, 0.2) is 39.7 Å². The lowest BCUT2D eigenvalue weighted by atomic mass is 10.0. The molecule has 0 saturated heterocycles. The van der Waals surface area contributed by atoms with E-state index in [-0.39, 0.29) is 16.0 Å². The fraction of sp³-hybridized carbons (Fsp3) is 0.333. The predicted octanol–water partition coefficient (Wildman–Crippen LogP) is 3.49. The van der Waals surface area contributed by atoms with Crippen molar-refractivity contribution in [1.82, 2.24) is 4.72 Å². The Hall–Kier alpha value is -0.360. The van der Waals surface area contributed by atoms with Crippen molar-refractivity contribution in [2.75, 3.05) is 0 Å². The molecule has 0 aromatic heterocycles. The number of hydrogen-bond donors (Lipinski definition) is 1. The van der Waals surface area contributed by atoms with Gasteiger partial charge in [-0.1, -0.05) is 39.7 Å². The quantitative estimate of drug-likeness (QED) is 0.848. The first-order chi connectivity index (χ1) is 8.49. The molecule has 0 fully saturated rings. The molecule has 1 unspecified atom stereocenters. The SMILES string of the molecule is O=S(=O)(NC1CC=CCC1)c1ccc(Br)cc1Cl. The fourth-order valence-corrected chi connectivity index (χ4v) is 4.20. The average Bonchev–Trinajstić information content (AvgIpc) is 2.29. The molecule has 1 N–H and O–H groups in total. The van der Waals surface area contributed by atoms with Gasteiger partial charge in [-0.05, 0) is 37.5 Å². The molecule has 1 aliphatic carbocycles. The Kier molecular flexibility index (Phi) is 4.48. The van der Waals surface area contributed by atoms with Gasteiger partial charge in [0.25, 0.3) is 0 Å². The zero-order chi connectivity index (χ0) is 13.2. The first-order valence-corrected chi connectivity index (χ1v) is 8.27. The van der Waals surface area contributed by atoms with Crippen LogP contribution in [0.4, 0.5) is 0 Å². The molecule has 1 atom stereocenters. The molecule has 1 aromatic rings. The molecular weight excluding hydrogens is 338 g/mol. The summed E-state index contributed by atoms with van der Waals surface area (Å²) in [5, 5.41) is 0.225. The van der Waals surface area contributed by atoms with Gasteiger partial charge < -0.3 is 0 Å². The fourth-order valence-electron chi connectivity index (χ4n) is 1.88. The van der Waals surface area contributed by atoms with E-state index < -0.39 is 10.0 Å². The lowest BCUT2D eigenvalue weighted by Crippen LogP contribution is -2.35. The standard InChI is InChI=1S/C12H13BrClNO2S/c13-9-6-7-12(11(14)8-9)18(16,17)15-10-4-2-1-3-5-10/h1-2,6-8,10,15H,3-5H2. The number of allylic oxidation sites excluding steroid dienone is 1. The van der Waals surface area contributed by atoms with E-state index in [9.17, 15) is 8.42 Å². The third kappa shape index (κ3) is 3.35. The van der Waals surface area contributed by atoms with E-state index in [0.717, 1.165) is 23.7 Å². The highest BCUT2D eigenvalue weighted by Crippen LogP contribution is 2.26. The average molecular weight is 351 g/mol. The molecule has 98 valence electrons. The summed E-state index contributed by atoms with van der Waals surface area (Å²) in [6.07, 6.45) is 6.52. The number of hydrogen-bond acceptors (Lipinski definition) is 2. The van der Waals surface area contributed by atoms with Crippen LogP contribution < -0.4 is 4.72 Å². The van der Waals surface area contributed by atoms with Crippen molar-refractivity contribution in [3.63, 3.8) is 0 Å². The normalized spacial score (nSPS) is 20.0. The van der Waals surface area contributed by atoms with Crippen molar-refractivity contribution in [3.05, 3.63) is 39.8 Å². The van der Waals surface area contributed by atoms with E-state index in [1.807, 2.05) is 6.08 Å². The van der Waals surface area contributed by atoms with Crippen LogP contribution in [0.2, 0.25) is 5.02 Å². The monoisotopic (exact) mass is 349 g/mol. The number of nitrogens with one attached hydrogen (secondary N) is 1. The van der Waals surface area contributed by atoms with Gasteiger partial charge in [-0.3, -0.25) is 0 Å². The van der Waals surface area contributed by atoms with E-state index in [1.165, 1.54) is 6.07 Å². The minimum atomic E-state index is -3.54. The Morgan fingerprint density at radius 1 is 1.33 bits per heavy atom. The molecule has 2 rings (SSSR count). The topological polar surface area (TPSA) is 46.2 Å². The number of rotatable bonds is 3. The van der Waals surface area contributed by atoms with Crippen LogP contribution in [0.25, 0.3) is 0 Å². The summed E-state index contributed by atoms with van der Waals surface area (Å²) in [5.74, 6) is 0. The predicted molar refractivity (Wildman–Crippen MR) is 76.3 cm³/mol. The van der Waals surface area contributed by atoms with Crippen molar-refractivity contribution in [3.8, 4) is 0 Å². The van der Waals surface area contributed by atoms with Gasteiger partial charge in [0.15, 0.2) is 0 Å². The van der Waals surface area contributed by atoms with Crippen LogP contribution in [0, 0.1) is 0 Å². The van der Waals surface area contributed by atoms with Gasteiger partial charge in [0.1, 0.15) is 4.90 Å². The lowest BCUT2D eigenvalue weighted by Gasteiger charge is -2.19. The van der Waals surface area contributed by atoms with Gasteiger partial charge >= 0.3 is 0 Å². The molecule has 3 nitrogen and oxygen atoms in total. The molecule has 6 heteroatoms. The molecule has 18 heavy (non-hydrogen) atoms. The number of sulfonamides is 1. The highest BCUT2D eigenvalue weighted by Gasteiger charge is 2.22. The molecule has 1 aromatic carbocycles. The Bertz CT molecular complexity index is 571. The van der Waals surface area contributed by atoms with Crippen molar-refractivity contribution < 1.29 is 8.42 Å². The van der Waals surface area contributed by atoms with Crippen molar-refractivity contribution in [1.29, 1.82) is 0 Å². The molecule has 0 heterocycles. The lowest BCUT2D eigenvalue weighted by molar-refractivity contribution is 0.522. The summed E-state index contributed by atoms with van der Waals surface area (Å²) >= 11 is 9.22. The van der Waals surface area contributed by atoms with Crippen LogP contribution in [0.5, 0.6) is 0 Å². The number of benzene rings is 1. The van der Waals surface area contributed by atoms with Crippen LogP contribution in [0.1, 0.15) is 19.3 Å². The van der Waals surface area contributed by atoms with Gasteiger partial charge in [-0.2, -0.15) is 0 Å². The maximum atomic E-state index is 12.2. The second-order valence-electron chi connectivity index (χ2n) is 4.18. The molecule has 1 aliphatic rings. The Morgan fingerprint density at radius 3 is 2.72 bits per heavy atom. The summed E-state index contributed by atoms with van der Waals surface area (Å²) in [5.41, 5.74) is 0. The summed E-state index contributed by atoms with van der Waals surface area (Å²) in [6.45, 7) is 0. The summed E-state index contributed by atoms with van der Waals surface area (Å²) in [4.78, 5) is 0.127. The van der Waals surface area contributed by atoms with E-state index in [0.29, 0.717) is 0 Å². The first-order valence-electron chi connectivity index (χ1n) is 5.61.